The maximum atomic E-state index is 12.0. The Labute approximate surface area is 122 Å². The SMILES string of the molecule is CCC1Cc2cc(NC(=O)c3cnc[nH]3)ccc2NC1=O. The van der Waals surface area contributed by atoms with Crippen molar-refractivity contribution >= 4 is 23.2 Å². The van der Waals surface area contributed by atoms with E-state index in [1.54, 1.807) is 6.07 Å². The molecular weight excluding hydrogens is 268 g/mol. The lowest BCUT2D eigenvalue weighted by Crippen LogP contribution is -2.29. The van der Waals surface area contributed by atoms with Crippen LogP contribution < -0.4 is 10.6 Å². The van der Waals surface area contributed by atoms with Crippen molar-refractivity contribution in [2.24, 2.45) is 5.92 Å². The number of aromatic amines is 1. The van der Waals surface area contributed by atoms with E-state index in [1.807, 2.05) is 19.1 Å². The van der Waals surface area contributed by atoms with Gasteiger partial charge in [-0.3, -0.25) is 9.59 Å². The van der Waals surface area contributed by atoms with Gasteiger partial charge >= 0.3 is 0 Å². The molecule has 0 aliphatic carbocycles. The summed E-state index contributed by atoms with van der Waals surface area (Å²) in [5, 5.41) is 5.72. The van der Waals surface area contributed by atoms with Gasteiger partial charge < -0.3 is 15.6 Å². The Morgan fingerprint density at radius 2 is 2.33 bits per heavy atom. The van der Waals surface area contributed by atoms with Gasteiger partial charge in [0.2, 0.25) is 5.91 Å². The first-order valence-electron chi connectivity index (χ1n) is 6.91. The van der Waals surface area contributed by atoms with Gasteiger partial charge in [0.25, 0.3) is 5.91 Å². The molecule has 2 heterocycles. The number of aromatic nitrogens is 2. The first-order valence-corrected chi connectivity index (χ1v) is 6.91. The van der Waals surface area contributed by atoms with Crippen LogP contribution in [0.25, 0.3) is 0 Å². The number of nitrogens with one attached hydrogen (secondary N) is 3. The summed E-state index contributed by atoms with van der Waals surface area (Å²) in [4.78, 5) is 30.4. The molecular formula is C15H16N4O2. The molecule has 1 aromatic heterocycles. The Morgan fingerprint density at radius 3 is 3.05 bits per heavy atom. The second kappa shape index (κ2) is 5.40. The van der Waals surface area contributed by atoms with Crippen LogP contribution in [-0.2, 0) is 11.2 Å². The number of fused-ring (bicyclic) bond motifs is 1. The molecule has 21 heavy (non-hydrogen) atoms. The van der Waals surface area contributed by atoms with Gasteiger partial charge in [0.1, 0.15) is 5.69 Å². The van der Waals surface area contributed by atoms with E-state index in [9.17, 15) is 9.59 Å². The van der Waals surface area contributed by atoms with E-state index in [0.717, 1.165) is 17.7 Å². The zero-order valence-electron chi connectivity index (χ0n) is 11.6. The van der Waals surface area contributed by atoms with Gasteiger partial charge in [0, 0.05) is 17.3 Å². The Bertz CT molecular complexity index is 679. The number of hydrogen-bond donors (Lipinski definition) is 3. The fraction of sp³-hybridized carbons (Fsp3) is 0.267. The second-order valence-electron chi connectivity index (χ2n) is 5.09. The van der Waals surface area contributed by atoms with Crippen molar-refractivity contribution < 1.29 is 9.59 Å². The van der Waals surface area contributed by atoms with Crippen LogP contribution >= 0.6 is 0 Å². The largest absolute Gasteiger partial charge is 0.341 e. The van der Waals surface area contributed by atoms with Crippen LogP contribution in [0.4, 0.5) is 11.4 Å². The number of amides is 2. The third-order valence-corrected chi connectivity index (χ3v) is 3.69. The normalized spacial score (nSPS) is 17.0. The first-order chi connectivity index (χ1) is 10.2. The van der Waals surface area contributed by atoms with Crippen molar-refractivity contribution in [2.45, 2.75) is 19.8 Å². The third kappa shape index (κ3) is 2.65. The van der Waals surface area contributed by atoms with Crippen molar-refractivity contribution in [1.29, 1.82) is 0 Å². The molecule has 0 fully saturated rings. The highest BCUT2D eigenvalue weighted by Crippen LogP contribution is 2.29. The summed E-state index contributed by atoms with van der Waals surface area (Å²) < 4.78 is 0. The highest BCUT2D eigenvalue weighted by molar-refractivity contribution is 6.03. The van der Waals surface area contributed by atoms with Crippen LogP contribution in [0.1, 0.15) is 29.4 Å². The molecule has 0 spiro atoms. The predicted octanol–water partition coefficient (Wildman–Crippen LogP) is 2.18. The number of carbonyl (C=O) groups is 2. The number of anilines is 2. The molecule has 6 nitrogen and oxygen atoms in total. The van der Waals surface area contributed by atoms with E-state index in [4.69, 9.17) is 0 Å². The molecule has 2 amide bonds. The highest BCUT2D eigenvalue weighted by atomic mass is 16.2. The standard InChI is InChI=1S/C15H16N4O2/c1-2-9-5-10-6-11(3-4-12(10)19-14(9)20)18-15(21)13-7-16-8-17-13/h3-4,6-9H,2,5H2,1H3,(H,16,17)(H,18,21)(H,19,20). The first kappa shape index (κ1) is 13.4. The zero-order chi connectivity index (χ0) is 14.8. The molecule has 108 valence electrons. The molecule has 3 rings (SSSR count). The lowest BCUT2D eigenvalue weighted by molar-refractivity contribution is -0.120. The van der Waals surface area contributed by atoms with E-state index in [0.29, 0.717) is 17.8 Å². The van der Waals surface area contributed by atoms with Gasteiger partial charge in [-0.1, -0.05) is 6.92 Å². The minimum atomic E-state index is -0.237. The van der Waals surface area contributed by atoms with E-state index >= 15 is 0 Å². The molecule has 1 unspecified atom stereocenters. The molecule has 1 aliphatic heterocycles. The average Bonchev–Trinajstić information content (AvgIpc) is 3.01. The molecule has 6 heteroatoms. The topological polar surface area (TPSA) is 86.9 Å². The van der Waals surface area contributed by atoms with E-state index < -0.39 is 0 Å². The van der Waals surface area contributed by atoms with Crippen molar-refractivity contribution in [2.75, 3.05) is 10.6 Å². The molecule has 0 bridgehead atoms. The summed E-state index contributed by atoms with van der Waals surface area (Å²) in [7, 11) is 0. The molecule has 0 saturated heterocycles. The Hall–Kier alpha value is -2.63. The Morgan fingerprint density at radius 1 is 1.48 bits per heavy atom. The second-order valence-corrected chi connectivity index (χ2v) is 5.09. The Kier molecular flexibility index (Phi) is 3.43. The quantitative estimate of drug-likeness (QED) is 0.807. The smallest absolute Gasteiger partial charge is 0.273 e. The number of nitrogens with zero attached hydrogens (tertiary/aromatic N) is 1. The summed E-state index contributed by atoms with van der Waals surface area (Å²) in [5.41, 5.74) is 2.99. The number of imidazole rings is 1. The van der Waals surface area contributed by atoms with Crippen molar-refractivity contribution in [1.82, 2.24) is 9.97 Å². The average molecular weight is 284 g/mol. The van der Waals surface area contributed by atoms with Gasteiger partial charge in [-0.25, -0.2) is 4.98 Å². The molecule has 3 N–H and O–H groups in total. The number of H-pyrrole nitrogens is 1. The number of rotatable bonds is 3. The van der Waals surface area contributed by atoms with Crippen LogP contribution in [0.2, 0.25) is 0 Å². The van der Waals surface area contributed by atoms with Gasteiger partial charge in [-0.2, -0.15) is 0 Å². The van der Waals surface area contributed by atoms with Gasteiger partial charge in [-0.05, 0) is 36.6 Å². The molecule has 0 radical (unpaired) electrons. The molecule has 2 aromatic rings. The van der Waals surface area contributed by atoms with Crippen molar-refractivity contribution in [3.63, 3.8) is 0 Å². The number of carbonyl (C=O) groups excluding carboxylic acids is 2. The molecule has 1 aliphatic rings. The highest BCUT2D eigenvalue weighted by Gasteiger charge is 2.24. The monoisotopic (exact) mass is 284 g/mol. The van der Waals surface area contributed by atoms with Crippen LogP contribution in [-0.4, -0.2) is 21.8 Å². The van der Waals surface area contributed by atoms with Crippen molar-refractivity contribution in [3.05, 3.63) is 42.0 Å². The zero-order valence-corrected chi connectivity index (χ0v) is 11.6. The number of benzene rings is 1. The predicted molar refractivity (Wildman–Crippen MR) is 79.1 cm³/mol. The van der Waals surface area contributed by atoms with Crippen LogP contribution in [0, 0.1) is 5.92 Å². The molecule has 0 saturated carbocycles. The maximum absolute atomic E-state index is 12.0. The van der Waals surface area contributed by atoms with E-state index in [-0.39, 0.29) is 17.7 Å². The van der Waals surface area contributed by atoms with Crippen LogP contribution in [0.15, 0.2) is 30.7 Å². The van der Waals surface area contributed by atoms with Gasteiger partial charge in [-0.15, -0.1) is 0 Å². The van der Waals surface area contributed by atoms with Crippen LogP contribution in [0.5, 0.6) is 0 Å². The van der Waals surface area contributed by atoms with Gasteiger partial charge in [0.05, 0.1) is 12.5 Å². The lowest BCUT2D eigenvalue weighted by Gasteiger charge is -2.24. The summed E-state index contributed by atoms with van der Waals surface area (Å²) in [6.45, 7) is 2.00. The summed E-state index contributed by atoms with van der Waals surface area (Å²) in [6, 6.07) is 5.51. The summed E-state index contributed by atoms with van der Waals surface area (Å²) in [5.74, 6) is -0.172. The summed E-state index contributed by atoms with van der Waals surface area (Å²) >= 11 is 0. The van der Waals surface area contributed by atoms with E-state index in [1.165, 1.54) is 12.5 Å². The molecule has 1 atom stereocenters. The lowest BCUT2D eigenvalue weighted by atomic mass is 9.91. The fourth-order valence-electron chi connectivity index (χ4n) is 2.46. The number of hydrogen-bond acceptors (Lipinski definition) is 3. The molecule has 1 aromatic carbocycles. The van der Waals surface area contributed by atoms with Crippen molar-refractivity contribution in [3.8, 4) is 0 Å². The van der Waals surface area contributed by atoms with E-state index in [2.05, 4.69) is 20.6 Å². The maximum Gasteiger partial charge on any atom is 0.273 e. The fourth-order valence-corrected chi connectivity index (χ4v) is 2.46. The van der Waals surface area contributed by atoms with Crippen LogP contribution in [0.3, 0.4) is 0 Å². The van der Waals surface area contributed by atoms with Gasteiger partial charge in [0.15, 0.2) is 0 Å². The summed E-state index contributed by atoms with van der Waals surface area (Å²) in [6.07, 6.45) is 4.44. The third-order valence-electron chi connectivity index (χ3n) is 3.69. The minimum Gasteiger partial charge on any atom is -0.341 e. The minimum absolute atomic E-state index is 0.00365. The Balaban J connectivity index is 1.80.